The van der Waals surface area contributed by atoms with E-state index >= 15 is 0 Å². The highest BCUT2D eigenvalue weighted by molar-refractivity contribution is 5.82. The number of rotatable bonds is 5. The molecular weight excluding hydrogens is 172 g/mol. The number of methoxy groups -OCH3 is 1. The summed E-state index contributed by atoms with van der Waals surface area (Å²) in [5.74, 6) is -0.0920. The van der Waals surface area contributed by atoms with E-state index in [1.54, 1.807) is 19.0 Å². The molecule has 0 aliphatic carbocycles. The van der Waals surface area contributed by atoms with Gasteiger partial charge in [-0.25, -0.2) is 4.79 Å². The molecule has 0 heterocycles. The van der Waals surface area contributed by atoms with E-state index in [4.69, 9.17) is 15.2 Å². The van der Waals surface area contributed by atoms with Gasteiger partial charge in [0, 0.05) is 21.2 Å². The zero-order valence-electron chi connectivity index (χ0n) is 8.24. The van der Waals surface area contributed by atoms with E-state index in [9.17, 15) is 4.79 Å². The molecule has 0 amide bonds. The third-order valence-corrected chi connectivity index (χ3v) is 1.31. The van der Waals surface area contributed by atoms with Crippen molar-refractivity contribution in [2.75, 3.05) is 34.4 Å². The van der Waals surface area contributed by atoms with E-state index < -0.39 is 5.97 Å². The highest BCUT2D eigenvalue weighted by Crippen LogP contribution is 1.90. The molecule has 2 N–H and O–H groups in total. The molecule has 76 valence electrons. The van der Waals surface area contributed by atoms with Crippen LogP contribution in [-0.2, 0) is 14.3 Å². The second kappa shape index (κ2) is 6.30. The first-order valence-corrected chi connectivity index (χ1v) is 3.88. The molecule has 0 rings (SSSR count). The van der Waals surface area contributed by atoms with E-state index in [0.29, 0.717) is 12.4 Å². The summed E-state index contributed by atoms with van der Waals surface area (Å²) in [7, 11) is 5.03. The Hall–Kier alpha value is -1.23. The fourth-order valence-electron chi connectivity index (χ4n) is 0.517. The summed E-state index contributed by atoms with van der Waals surface area (Å²) in [6, 6.07) is 0. The number of nitrogens with two attached hydrogens (primary N) is 1. The quantitative estimate of drug-likeness (QED) is 0.359. The van der Waals surface area contributed by atoms with Gasteiger partial charge in [0.25, 0.3) is 0 Å². The summed E-state index contributed by atoms with van der Waals surface area (Å²) >= 11 is 0. The molecule has 0 radical (unpaired) electrons. The van der Waals surface area contributed by atoms with Crippen molar-refractivity contribution in [3.05, 3.63) is 11.9 Å². The van der Waals surface area contributed by atoms with E-state index in [0.717, 1.165) is 0 Å². The first kappa shape index (κ1) is 11.8. The molecule has 5 heteroatoms. The van der Waals surface area contributed by atoms with Crippen molar-refractivity contribution in [2.24, 2.45) is 5.73 Å². The van der Waals surface area contributed by atoms with Gasteiger partial charge in [-0.1, -0.05) is 0 Å². The Labute approximate surface area is 78.1 Å². The minimum absolute atomic E-state index is 0.243. The van der Waals surface area contributed by atoms with Crippen LogP contribution in [0, 0.1) is 0 Å². The maximum atomic E-state index is 11.0. The van der Waals surface area contributed by atoms with Gasteiger partial charge < -0.3 is 20.1 Å². The van der Waals surface area contributed by atoms with Gasteiger partial charge in [-0.2, -0.15) is 0 Å². The van der Waals surface area contributed by atoms with Crippen LogP contribution in [-0.4, -0.2) is 45.3 Å². The number of ether oxygens (including phenoxy) is 2. The Morgan fingerprint density at radius 2 is 2.08 bits per heavy atom. The van der Waals surface area contributed by atoms with Gasteiger partial charge in [0.2, 0.25) is 0 Å². The topological polar surface area (TPSA) is 64.8 Å². The molecule has 13 heavy (non-hydrogen) atoms. The van der Waals surface area contributed by atoms with Crippen molar-refractivity contribution in [1.82, 2.24) is 4.90 Å². The molecule has 0 atom stereocenters. The average Bonchev–Trinajstić information content (AvgIpc) is 2.04. The first-order valence-electron chi connectivity index (χ1n) is 3.88. The van der Waals surface area contributed by atoms with E-state index in [1.165, 1.54) is 13.2 Å². The monoisotopic (exact) mass is 188 g/mol. The van der Waals surface area contributed by atoms with Crippen molar-refractivity contribution in [3.63, 3.8) is 0 Å². The molecule has 0 aromatic carbocycles. The van der Waals surface area contributed by atoms with Crippen LogP contribution in [0.25, 0.3) is 0 Å². The van der Waals surface area contributed by atoms with Gasteiger partial charge in [0.05, 0.1) is 12.7 Å². The third-order valence-electron chi connectivity index (χ3n) is 1.31. The van der Waals surface area contributed by atoms with Crippen LogP contribution in [0.15, 0.2) is 11.9 Å². The molecule has 0 bridgehead atoms. The minimum Gasteiger partial charge on any atom is -0.460 e. The van der Waals surface area contributed by atoms with Crippen molar-refractivity contribution in [2.45, 2.75) is 0 Å². The Bertz CT molecular complexity index is 190. The normalized spacial score (nSPS) is 11.2. The summed E-state index contributed by atoms with van der Waals surface area (Å²) in [5, 5.41) is 0. The van der Waals surface area contributed by atoms with Crippen LogP contribution in [0.3, 0.4) is 0 Å². The highest BCUT2D eigenvalue weighted by atomic mass is 16.6. The zero-order valence-corrected chi connectivity index (χ0v) is 8.24. The summed E-state index contributed by atoms with van der Waals surface area (Å²) in [6.45, 7) is 0.633. The van der Waals surface area contributed by atoms with Crippen molar-refractivity contribution in [1.29, 1.82) is 0 Å². The van der Waals surface area contributed by atoms with Gasteiger partial charge in [-0.15, -0.1) is 0 Å². The molecule has 0 aliphatic heterocycles. The fraction of sp³-hybridized carbons (Fsp3) is 0.625. The Morgan fingerprint density at radius 3 is 2.54 bits per heavy atom. The Balaban J connectivity index is 3.79. The fourth-order valence-corrected chi connectivity index (χ4v) is 0.517. The maximum absolute atomic E-state index is 11.0. The predicted molar refractivity (Wildman–Crippen MR) is 48.8 cm³/mol. The van der Waals surface area contributed by atoms with Crippen molar-refractivity contribution < 1.29 is 14.3 Å². The molecule has 0 aromatic heterocycles. The van der Waals surface area contributed by atoms with Crippen LogP contribution in [0.2, 0.25) is 0 Å². The summed E-state index contributed by atoms with van der Waals surface area (Å²) in [6.07, 6.45) is 1.23. The van der Waals surface area contributed by atoms with E-state index in [1.807, 2.05) is 0 Å². The zero-order chi connectivity index (χ0) is 10.3. The molecular formula is C8H16N2O3. The van der Waals surface area contributed by atoms with Crippen LogP contribution in [0.4, 0.5) is 0 Å². The molecule has 0 unspecified atom stereocenters. The van der Waals surface area contributed by atoms with Gasteiger partial charge in [-0.05, 0) is 0 Å². The van der Waals surface area contributed by atoms with Gasteiger partial charge in [0.1, 0.15) is 12.4 Å². The number of hydrogen-bond acceptors (Lipinski definition) is 5. The van der Waals surface area contributed by atoms with Crippen LogP contribution in [0.5, 0.6) is 0 Å². The van der Waals surface area contributed by atoms with Crippen molar-refractivity contribution in [3.8, 4) is 0 Å². The standard InChI is InChI=1S/C8H16N2O3/c1-10(2)7(9)6-8(11)13-5-4-12-3/h6H,4-5,9H2,1-3H3. The highest BCUT2D eigenvalue weighted by Gasteiger charge is 2.00. The molecule has 5 nitrogen and oxygen atoms in total. The lowest BCUT2D eigenvalue weighted by molar-refractivity contribution is -0.139. The second-order valence-corrected chi connectivity index (χ2v) is 2.62. The predicted octanol–water partition coefficient (Wildman–Crippen LogP) is -0.462. The number of carbonyl (C=O) groups excluding carboxylic acids is 1. The third kappa shape index (κ3) is 5.98. The van der Waals surface area contributed by atoms with Crippen LogP contribution < -0.4 is 5.73 Å². The molecule has 0 spiro atoms. The van der Waals surface area contributed by atoms with E-state index in [-0.39, 0.29) is 6.61 Å². The smallest absolute Gasteiger partial charge is 0.334 e. The average molecular weight is 188 g/mol. The molecule has 0 saturated carbocycles. The number of carbonyl (C=O) groups is 1. The number of nitrogens with zero attached hydrogens (tertiary/aromatic N) is 1. The Kier molecular flexibility index (Phi) is 5.71. The molecule has 0 aromatic rings. The summed E-state index contributed by atoms with van der Waals surface area (Å²) in [5.41, 5.74) is 5.48. The van der Waals surface area contributed by atoms with Crippen LogP contribution in [0.1, 0.15) is 0 Å². The Morgan fingerprint density at radius 1 is 1.46 bits per heavy atom. The van der Waals surface area contributed by atoms with Gasteiger partial charge in [0.15, 0.2) is 0 Å². The summed E-state index contributed by atoms with van der Waals surface area (Å²) in [4.78, 5) is 12.6. The van der Waals surface area contributed by atoms with Gasteiger partial charge in [-0.3, -0.25) is 0 Å². The first-order chi connectivity index (χ1) is 6.07. The lowest BCUT2D eigenvalue weighted by Crippen LogP contribution is -2.20. The SMILES string of the molecule is COCCOC(=O)C=C(N)N(C)C. The summed E-state index contributed by atoms with van der Waals surface area (Å²) < 4.78 is 9.46. The van der Waals surface area contributed by atoms with E-state index in [2.05, 4.69) is 0 Å². The molecule has 0 fully saturated rings. The van der Waals surface area contributed by atoms with Gasteiger partial charge >= 0.3 is 5.97 Å². The number of hydrogen-bond donors (Lipinski definition) is 1. The van der Waals surface area contributed by atoms with Crippen LogP contribution >= 0.6 is 0 Å². The lowest BCUT2D eigenvalue weighted by Gasteiger charge is -2.11. The lowest BCUT2D eigenvalue weighted by atomic mass is 10.5. The minimum atomic E-state index is -0.455. The number of esters is 1. The molecule has 0 aliphatic rings. The second-order valence-electron chi connectivity index (χ2n) is 2.62. The molecule has 0 saturated heterocycles. The van der Waals surface area contributed by atoms with Crippen molar-refractivity contribution >= 4 is 5.97 Å². The maximum Gasteiger partial charge on any atom is 0.334 e. The largest absolute Gasteiger partial charge is 0.460 e.